The van der Waals surface area contributed by atoms with Gasteiger partial charge in [0, 0.05) is 37.0 Å². The van der Waals surface area contributed by atoms with Gasteiger partial charge in [-0.05, 0) is 32.2 Å². The number of rotatable bonds is 6. The molecular weight excluding hydrogens is 509 g/mol. The molecule has 1 fully saturated rings. The third-order valence-corrected chi connectivity index (χ3v) is 7.02. The summed E-state index contributed by atoms with van der Waals surface area (Å²) in [6.45, 7) is 8.57. The number of aromatic nitrogens is 5. The normalized spacial score (nSPS) is 19.4. The van der Waals surface area contributed by atoms with E-state index in [1.165, 1.54) is 24.5 Å². The Morgan fingerprint density at radius 2 is 2.11 bits per heavy atom. The minimum absolute atomic E-state index is 0.0808. The molecule has 1 saturated heterocycles. The average molecular weight is 540 g/mol. The zero-order chi connectivity index (χ0) is 27.2. The Morgan fingerprint density at radius 3 is 2.74 bits per heavy atom. The summed E-state index contributed by atoms with van der Waals surface area (Å²) < 4.78 is 23.1. The Hall–Kier alpha value is -3.70. The molecule has 0 aromatic carbocycles. The zero-order valence-electron chi connectivity index (χ0n) is 22.0. The van der Waals surface area contributed by atoms with Gasteiger partial charge in [0.1, 0.15) is 16.4 Å². The van der Waals surface area contributed by atoms with Crippen molar-refractivity contribution in [3.05, 3.63) is 58.6 Å². The molecule has 12 heteroatoms. The first-order valence-electron chi connectivity index (χ1n) is 12.3. The smallest absolute Gasteiger partial charge is 0.210 e. The number of nitrogens with one attached hydrogen (secondary N) is 3. The minimum Gasteiger partial charge on any atom is -0.450 e. The third kappa shape index (κ3) is 4.91. The van der Waals surface area contributed by atoms with Crippen molar-refractivity contribution < 1.29 is 9.13 Å². The molecular formula is C26H31ClFN9O. The number of fused-ring (bicyclic) bond motifs is 1. The van der Waals surface area contributed by atoms with Crippen LogP contribution < -0.4 is 15.4 Å². The van der Waals surface area contributed by atoms with Crippen LogP contribution in [0.2, 0.25) is 5.02 Å². The molecule has 1 unspecified atom stereocenters. The summed E-state index contributed by atoms with van der Waals surface area (Å²) in [5.74, 6) is 1.20. The Kier molecular flexibility index (Phi) is 6.74. The lowest BCUT2D eigenvalue weighted by atomic mass is 9.91. The van der Waals surface area contributed by atoms with E-state index >= 15 is 0 Å². The third-order valence-electron chi connectivity index (χ3n) is 6.65. The summed E-state index contributed by atoms with van der Waals surface area (Å²) in [6, 6.07) is 2.39. The lowest BCUT2D eigenvalue weighted by molar-refractivity contribution is 0.366. The van der Waals surface area contributed by atoms with E-state index in [2.05, 4.69) is 64.1 Å². The lowest BCUT2D eigenvalue weighted by Gasteiger charge is -2.23. The van der Waals surface area contributed by atoms with E-state index in [1.54, 1.807) is 4.57 Å². The molecule has 5 rings (SSSR count). The van der Waals surface area contributed by atoms with E-state index in [1.807, 2.05) is 7.05 Å². The molecule has 0 aliphatic carbocycles. The number of dihydropyridines is 1. The van der Waals surface area contributed by atoms with Gasteiger partial charge in [0.2, 0.25) is 5.95 Å². The van der Waals surface area contributed by atoms with Crippen LogP contribution in [0.15, 0.2) is 47.9 Å². The van der Waals surface area contributed by atoms with Crippen LogP contribution >= 0.6 is 11.6 Å². The SMILES string of the molecule is CN1CCC(n2nc(Nc3nc4ncc(O/C(C=N)=C5\C=CC(F)=CN5)c(Cl)c4n3C)cc2C(C)(C)C)C1. The second kappa shape index (κ2) is 9.88. The van der Waals surface area contributed by atoms with Crippen LogP contribution in [0, 0.1) is 5.41 Å². The fraction of sp³-hybridized carbons (Fsp3) is 0.385. The maximum Gasteiger partial charge on any atom is 0.210 e. The molecule has 1 atom stereocenters. The zero-order valence-corrected chi connectivity index (χ0v) is 22.8. The number of imidazole rings is 1. The van der Waals surface area contributed by atoms with Crippen molar-refractivity contribution in [3.8, 4) is 5.75 Å². The summed E-state index contributed by atoms with van der Waals surface area (Å²) in [4.78, 5) is 11.4. The molecule has 5 heterocycles. The second-order valence-electron chi connectivity index (χ2n) is 10.6. The molecule has 3 aromatic rings. The van der Waals surface area contributed by atoms with Gasteiger partial charge in [0.25, 0.3) is 0 Å². The Morgan fingerprint density at radius 1 is 1.32 bits per heavy atom. The number of halogens is 2. The molecule has 10 nitrogen and oxygen atoms in total. The van der Waals surface area contributed by atoms with Crippen LogP contribution in [-0.2, 0) is 12.5 Å². The number of anilines is 2. The van der Waals surface area contributed by atoms with Gasteiger partial charge in [-0.25, -0.2) is 9.37 Å². The quantitative estimate of drug-likeness (QED) is 0.300. The highest BCUT2D eigenvalue weighted by Crippen LogP contribution is 2.35. The minimum atomic E-state index is -0.427. The number of pyridine rings is 1. The number of allylic oxidation sites excluding steroid dienone is 4. The Labute approximate surface area is 225 Å². The molecule has 0 spiro atoms. The largest absolute Gasteiger partial charge is 0.450 e. The molecule has 3 aromatic heterocycles. The summed E-state index contributed by atoms with van der Waals surface area (Å²) >= 11 is 6.73. The summed E-state index contributed by atoms with van der Waals surface area (Å²) in [5, 5.41) is 19.0. The van der Waals surface area contributed by atoms with Crippen molar-refractivity contribution in [1.82, 2.24) is 34.5 Å². The fourth-order valence-electron chi connectivity index (χ4n) is 4.66. The molecule has 0 radical (unpaired) electrons. The number of hydrogen-bond donors (Lipinski definition) is 3. The van der Waals surface area contributed by atoms with E-state index in [0.29, 0.717) is 34.7 Å². The first kappa shape index (κ1) is 25.9. The predicted molar refractivity (Wildman–Crippen MR) is 147 cm³/mol. The maximum atomic E-state index is 13.3. The van der Waals surface area contributed by atoms with E-state index in [9.17, 15) is 4.39 Å². The summed E-state index contributed by atoms with van der Waals surface area (Å²) in [5.41, 5.74) is 2.49. The van der Waals surface area contributed by atoms with Crippen molar-refractivity contribution in [1.29, 1.82) is 5.41 Å². The van der Waals surface area contributed by atoms with Gasteiger partial charge in [0.15, 0.2) is 23.0 Å². The van der Waals surface area contributed by atoms with E-state index in [-0.39, 0.29) is 21.9 Å². The molecule has 0 amide bonds. The monoisotopic (exact) mass is 539 g/mol. The predicted octanol–water partition coefficient (Wildman–Crippen LogP) is 4.95. The van der Waals surface area contributed by atoms with Crippen molar-refractivity contribution >= 4 is 40.7 Å². The molecule has 200 valence electrons. The highest BCUT2D eigenvalue weighted by molar-refractivity contribution is 6.36. The average Bonchev–Trinajstić information content (AvgIpc) is 3.57. The highest BCUT2D eigenvalue weighted by Gasteiger charge is 2.29. The van der Waals surface area contributed by atoms with Crippen LogP contribution in [-0.4, -0.2) is 55.6 Å². The maximum absolute atomic E-state index is 13.3. The van der Waals surface area contributed by atoms with Crippen molar-refractivity contribution in [3.63, 3.8) is 0 Å². The van der Waals surface area contributed by atoms with Gasteiger partial charge in [0.05, 0.1) is 24.2 Å². The Balaban J connectivity index is 1.46. The van der Waals surface area contributed by atoms with Gasteiger partial charge in [-0.2, -0.15) is 10.1 Å². The van der Waals surface area contributed by atoms with Gasteiger partial charge < -0.3 is 30.2 Å². The molecule has 2 aliphatic heterocycles. The topological polar surface area (TPSA) is 109 Å². The van der Waals surface area contributed by atoms with Crippen molar-refractivity contribution in [2.45, 2.75) is 38.6 Å². The van der Waals surface area contributed by atoms with Gasteiger partial charge in [-0.3, -0.25) is 4.68 Å². The van der Waals surface area contributed by atoms with Crippen LogP contribution in [0.4, 0.5) is 16.2 Å². The fourth-order valence-corrected chi connectivity index (χ4v) is 4.95. The lowest BCUT2D eigenvalue weighted by Crippen LogP contribution is -2.24. The Bertz CT molecular complexity index is 1490. The van der Waals surface area contributed by atoms with Crippen molar-refractivity contribution in [2.24, 2.45) is 7.05 Å². The number of hydrogen-bond acceptors (Lipinski definition) is 8. The van der Waals surface area contributed by atoms with Gasteiger partial charge in [-0.1, -0.05) is 32.4 Å². The van der Waals surface area contributed by atoms with Gasteiger partial charge in [-0.15, -0.1) is 0 Å². The van der Waals surface area contributed by atoms with Gasteiger partial charge >= 0.3 is 0 Å². The number of aryl methyl sites for hydroxylation is 1. The summed E-state index contributed by atoms with van der Waals surface area (Å²) in [7, 11) is 3.96. The number of likely N-dealkylation sites (tertiary alicyclic amines) is 1. The number of ether oxygens (including phenoxy) is 1. The first-order chi connectivity index (χ1) is 18.0. The second-order valence-corrected chi connectivity index (χ2v) is 11.0. The summed E-state index contributed by atoms with van der Waals surface area (Å²) in [6.07, 6.45) is 7.47. The molecule has 3 N–H and O–H groups in total. The van der Waals surface area contributed by atoms with Crippen molar-refractivity contribution in [2.75, 3.05) is 25.5 Å². The standard InChI is InChI=1S/C26H31ClFN9O/c1-26(2,3)20-10-21(34-37(20)16-8-9-35(4)14-16)32-25-33-24-23(36(25)5)22(27)19(13-31-24)38-18(11-29)17-7-6-15(28)12-30-17/h6-7,10-13,16,29-30H,8-9,14H2,1-5H3,(H,31,32,33,34)/b18-17+,29-11?. The molecule has 38 heavy (non-hydrogen) atoms. The van der Waals surface area contributed by atoms with E-state index in [0.717, 1.165) is 31.4 Å². The van der Waals surface area contributed by atoms with Crippen LogP contribution in [0.3, 0.4) is 0 Å². The first-order valence-corrected chi connectivity index (χ1v) is 12.7. The molecule has 2 aliphatic rings. The van der Waals surface area contributed by atoms with E-state index in [4.69, 9.17) is 26.8 Å². The molecule has 0 bridgehead atoms. The van der Waals surface area contributed by atoms with Crippen LogP contribution in [0.1, 0.15) is 38.9 Å². The highest BCUT2D eigenvalue weighted by atomic mass is 35.5. The van der Waals surface area contributed by atoms with Crippen LogP contribution in [0.5, 0.6) is 5.75 Å². The molecule has 0 saturated carbocycles. The van der Waals surface area contributed by atoms with E-state index < -0.39 is 5.83 Å². The number of nitrogens with zero attached hydrogens (tertiary/aromatic N) is 6. The number of likely N-dealkylation sites (N-methyl/N-ethyl adjacent to an activating group) is 1. The van der Waals surface area contributed by atoms with Crippen LogP contribution in [0.25, 0.3) is 11.2 Å².